The molecule has 0 radical (unpaired) electrons. The molecule has 18 heavy (non-hydrogen) atoms. The third kappa shape index (κ3) is 3.05. The summed E-state index contributed by atoms with van der Waals surface area (Å²) in [6.07, 6.45) is 1.14. The standard InChI is InChI=1S/C14H21BrN2O/c1-11-4-5-12(8-14(11)15)17-7-3-6-16(2)9-13(17)10-18/h4-5,8,13,18H,3,6-7,9-10H2,1-2H3. The molecule has 0 aliphatic carbocycles. The van der Waals surface area contributed by atoms with E-state index in [0.717, 1.165) is 30.5 Å². The predicted molar refractivity (Wildman–Crippen MR) is 79.2 cm³/mol. The summed E-state index contributed by atoms with van der Waals surface area (Å²) in [7, 11) is 2.12. The van der Waals surface area contributed by atoms with Gasteiger partial charge in [0, 0.05) is 23.2 Å². The number of aliphatic hydroxyl groups is 1. The van der Waals surface area contributed by atoms with Crippen LogP contribution in [0.1, 0.15) is 12.0 Å². The molecule has 1 aromatic carbocycles. The Kier molecular flexibility index (Phi) is 4.65. The van der Waals surface area contributed by atoms with Crippen molar-refractivity contribution in [1.29, 1.82) is 0 Å². The van der Waals surface area contributed by atoms with Gasteiger partial charge in [0.05, 0.1) is 12.6 Å². The number of anilines is 1. The molecule has 1 fully saturated rings. The van der Waals surface area contributed by atoms with Crippen LogP contribution < -0.4 is 4.90 Å². The lowest BCUT2D eigenvalue weighted by Gasteiger charge is -2.31. The van der Waals surface area contributed by atoms with Crippen molar-refractivity contribution in [3.05, 3.63) is 28.2 Å². The van der Waals surface area contributed by atoms with Crippen LogP contribution in [0.4, 0.5) is 5.69 Å². The number of likely N-dealkylation sites (N-methyl/N-ethyl adjacent to an activating group) is 1. The predicted octanol–water partition coefficient (Wildman–Crippen LogP) is 2.26. The van der Waals surface area contributed by atoms with E-state index in [-0.39, 0.29) is 12.6 Å². The number of hydrogen-bond acceptors (Lipinski definition) is 3. The molecule has 1 atom stereocenters. The van der Waals surface area contributed by atoms with Crippen molar-refractivity contribution in [1.82, 2.24) is 4.90 Å². The lowest BCUT2D eigenvalue weighted by atomic mass is 10.1. The topological polar surface area (TPSA) is 26.7 Å². The molecule has 0 saturated carbocycles. The first-order valence-corrected chi connectivity index (χ1v) is 7.23. The molecule has 1 aliphatic rings. The highest BCUT2D eigenvalue weighted by atomic mass is 79.9. The zero-order valence-corrected chi connectivity index (χ0v) is 12.7. The van der Waals surface area contributed by atoms with Crippen LogP contribution in [0.5, 0.6) is 0 Å². The number of aliphatic hydroxyl groups excluding tert-OH is 1. The molecule has 2 rings (SSSR count). The Morgan fingerprint density at radius 1 is 1.39 bits per heavy atom. The van der Waals surface area contributed by atoms with Crippen LogP contribution in [0, 0.1) is 6.92 Å². The van der Waals surface area contributed by atoms with E-state index in [2.05, 4.69) is 57.9 Å². The molecule has 0 aromatic heterocycles. The molecule has 4 heteroatoms. The van der Waals surface area contributed by atoms with Crippen LogP contribution in [-0.2, 0) is 0 Å². The molecule has 1 aromatic rings. The first-order chi connectivity index (χ1) is 8.61. The Morgan fingerprint density at radius 2 is 2.17 bits per heavy atom. The van der Waals surface area contributed by atoms with Crippen LogP contribution in [0.2, 0.25) is 0 Å². The quantitative estimate of drug-likeness (QED) is 0.907. The molecule has 0 bridgehead atoms. The van der Waals surface area contributed by atoms with Crippen LogP contribution in [0.3, 0.4) is 0 Å². The Morgan fingerprint density at radius 3 is 2.83 bits per heavy atom. The van der Waals surface area contributed by atoms with E-state index in [1.165, 1.54) is 11.3 Å². The minimum absolute atomic E-state index is 0.187. The molecule has 3 nitrogen and oxygen atoms in total. The minimum atomic E-state index is 0.187. The zero-order chi connectivity index (χ0) is 13.1. The molecule has 100 valence electrons. The van der Waals surface area contributed by atoms with E-state index in [1.807, 2.05) is 0 Å². The molecule has 1 N–H and O–H groups in total. The van der Waals surface area contributed by atoms with Crippen molar-refractivity contribution in [3.63, 3.8) is 0 Å². The number of aryl methyl sites for hydroxylation is 1. The van der Waals surface area contributed by atoms with E-state index in [4.69, 9.17) is 0 Å². The van der Waals surface area contributed by atoms with Gasteiger partial charge < -0.3 is 14.9 Å². The van der Waals surface area contributed by atoms with Gasteiger partial charge in [-0.25, -0.2) is 0 Å². The number of benzene rings is 1. The average Bonchev–Trinajstić information content (AvgIpc) is 2.54. The van der Waals surface area contributed by atoms with Crippen molar-refractivity contribution in [3.8, 4) is 0 Å². The molecule has 1 heterocycles. The average molecular weight is 313 g/mol. The fraction of sp³-hybridized carbons (Fsp3) is 0.571. The Bertz CT molecular complexity index is 411. The van der Waals surface area contributed by atoms with Crippen LogP contribution in [0.15, 0.2) is 22.7 Å². The molecular weight excluding hydrogens is 292 g/mol. The Labute approximate surface area is 118 Å². The van der Waals surface area contributed by atoms with Gasteiger partial charge in [0.25, 0.3) is 0 Å². The minimum Gasteiger partial charge on any atom is -0.394 e. The first-order valence-electron chi connectivity index (χ1n) is 6.44. The lowest BCUT2D eigenvalue weighted by molar-refractivity contribution is 0.229. The molecule has 0 amide bonds. The summed E-state index contributed by atoms with van der Waals surface area (Å²) < 4.78 is 1.13. The largest absolute Gasteiger partial charge is 0.394 e. The Balaban J connectivity index is 2.25. The smallest absolute Gasteiger partial charge is 0.0647 e. The highest BCUT2D eigenvalue weighted by Gasteiger charge is 2.23. The Hall–Kier alpha value is -0.580. The third-order valence-corrected chi connectivity index (χ3v) is 4.45. The van der Waals surface area contributed by atoms with Gasteiger partial charge in [-0.3, -0.25) is 0 Å². The second-order valence-corrected chi connectivity index (χ2v) is 5.93. The van der Waals surface area contributed by atoms with E-state index >= 15 is 0 Å². The zero-order valence-electron chi connectivity index (χ0n) is 11.1. The van der Waals surface area contributed by atoms with Crippen molar-refractivity contribution in [2.24, 2.45) is 0 Å². The molecule has 1 saturated heterocycles. The van der Waals surface area contributed by atoms with Gasteiger partial charge in [-0.2, -0.15) is 0 Å². The third-order valence-electron chi connectivity index (χ3n) is 3.60. The monoisotopic (exact) mass is 312 g/mol. The van der Waals surface area contributed by atoms with Gasteiger partial charge in [-0.15, -0.1) is 0 Å². The van der Waals surface area contributed by atoms with Crippen molar-refractivity contribution in [2.45, 2.75) is 19.4 Å². The van der Waals surface area contributed by atoms with E-state index in [9.17, 15) is 5.11 Å². The number of nitrogens with zero attached hydrogens (tertiary/aromatic N) is 2. The highest BCUT2D eigenvalue weighted by Crippen LogP contribution is 2.26. The van der Waals surface area contributed by atoms with E-state index in [1.54, 1.807) is 0 Å². The van der Waals surface area contributed by atoms with Crippen LogP contribution in [-0.4, -0.2) is 49.3 Å². The normalized spacial score (nSPS) is 22.0. The number of rotatable bonds is 2. The summed E-state index contributed by atoms with van der Waals surface area (Å²) in [6, 6.07) is 6.62. The first kappa shape index (κ1) is 13.8. The fourth-order valence-corrected chi connectivity index (χ4v) is 2.87. The second kappa shape index (κ2) is 6.04. The van der Waals surface area contributed by atoms with Gasteiger partial charge in [0.2, 0.25) is 0 Å². The van der Waals surface area contributed by atoms with Crippen molar-refractivity contribution < 1.29 is 5.11 Å². The van der Waals surface area contributed by atoms with Crippen molar-refractivity contribution in [2.75, 3.05) is 38.2 Å². The van der Waals surface area contributed by atoms with Crippen LogP contribution >= 0.6 is 15.9 Å². The maximum Gasteiger partial charge on any atom is 0.0647 e. The summed E-state index contributed by atoms with van der Waals surface area (Å²) in [4.78, 5) is 4.62. The summed E-state index contributed by atoms with van der Waals surface area (Å²) in [6.45, 7) is 5.32. The van der Waals surface area contributed by atoms with Gasteiger partial charge >= 0.3 is 0 Å². The summed E-state index contributed by atoms with van der Waals surface area (Å²) in [5.41, 5.74) is 2.44. The van der Waals surface area contributed by atoms with Gasteiger partial charge in [0.1, 0.15) is 0 Å². The second-order valence-electron chi connectivity index (χ2n) is 5.08. The summed E-state index contributed by atoms with van der Waals surface area (Å²) in [5.74, 6) is 0. The molecular formula is C14H21BrN2O. The molecule has 1 unspecified atom stereocenters. The molecule has 1 aliphatic heterocycles. The number of halogens is 1. The molecule has 0 spiro atoms. The van der Waals surface area contributed by atoms with Gasteiger partial charge in [-0.05, 0) is 44.6 Å². The van der Waals surface area contributed by atoms with Gasteiger partial charge in [-0.1, -0.05) is 22.0 Å². The van der Waals surface area contributed by atoms with Crippen molar-refractivity contribution >= 4 is 21.6 Å². The lowest BCUT2D eigenvalue weighted by Crippen LogP contribution is -2.42. The maximum atomic E-state index is 9.61. The fourth-order valence-electron chi connectivity index (χ4n) is 2.50. The van der Waals surface area contributed by atoms with E-state index < -0.39 is 0 Å². The summed E-state index contributed by atoms with van der Waals surface area (Å²) in [5, 5.41) is 9.61. The SMILES string of the molecule is Cc1ccc(N2CCCN(C)CC2CO)cc1Br. The summed E-state index contributed by atoms with van der Waals surface area (Å²) >= 11 is 3.59. The number of hydrogen-bond donors (Lipinski definition) is 1. The van der Waals surface area contributed by atoms with Gasteiger partial charge in [0.15, 0.2) is 0 Å². The highest BCUT2D eigenvalue weighted by molar-refractivity contribution is 9.10. The van der Waals surface area contributed by atoms with E-state index in [0.29, 0.717) is 0 Å². The maximum absolute atomic E-state index is 9.61. The van der Waals surface area contributed by atoms with Crippen LogP contribution in [0.25, 0.3) is 0 Å².